The van der Waals surface area contributed by atoms with Crippen LogP contribution in [0.1, 0.15) is 27.0 Å². The number of nitrogens with zero attached hydrogens (tertiary/aromatic N) is 3. The second-order valence-corrected chi connectivity index (χ2v) is 9.09. The molecule has 0 spiro atoms. The highest BCUT2D eigenvalue weighted by molar-refractivity contribution is 7.98. The molecule has 3 aromatic rings. The quantitative estimate of drug-likeness (QED) is 0.521. The zero-order chi connectivity index (χ0) is 20.8. The third-order valence-electron chi connectivity index (χ3n) is 5.24. The second-order valence-electron chi connectivity index (χ2n) is 7.29. The van der Waals surface area contributed by atoms with Crippen molar-refractivity contribution in [3.8, 4) is 6.07 Å². The lowest BCUT2D eigenvalue weighted by atomic mass is 10.1. The SMILES string of the molecule is N#Cc1ccc(CSc2ccccc2C(=O)N2CCN(Cc3ccsc3)CC2)cc1. The molecule has 0 saturated carbocycles. The Labute approximate surface area is 185 Å². The predicted octanol–water partition coefficient (Wildman–Crippen LogP) is 4.87. The van der Waals surface area contributed by atoms with Crippen LogP contribution in [-0.4, -0.2) is 41.9 Å². The van der Waals surface area contributed by atoms with Crippen molar-refractivity contribution in [1.82, 2.24) is 9.80 Å². The Morgan fingerprint density at radius 2 is 1.77 bits per heavy atom. The van der Waals surface area contributed by atoms with E-state index < -0.39 is 0 Å². The zero-order valence-corrected chi connectivity index (χ0v) is 18.3. The van der Waals surface area contributed by atoms with E-state index in [1.807, 2.05) is 53.4 Å². The number of piperazine rings is 1. The molecular weight excluding hydrogens is 410 g/mol. The molecule has 0 aliphatic carbocycles. The van der Waals surface area contributed by atoms with Gasteiger partial charge in [-0.2, -0.15) is 16.6 Å². The number of carbonyl (C=O) groups is 1. The molecule has 0 unspecified atom stereocenters. The van der Waals surface area contributed by atoms with Crippen molar-refractivity contribution in [2.75, 3.05) is 26.2 Å². The summed E-state index contributed by atoms with van der Waals surface area (Å²) in [5, 5.41) is 13.2. The zero-order valence-electron chi connectivity index (χ0n) is 16.7. The Balaban J connectivity index is 1.36. The van der Waals surface area contributed by atoms with E-state index >= 15 is 0 Å². The minimum Gasteiger partial charge on any atom is -0.336 e. The van der Waals surface area contributed by atoms with E-state index in [1.165, 1.54) is 5.56 Å². The van der Waals surface area contributed by atoms with Crippen LogP contribution < -0.4 is 0 Å². The summed E-state index contributed by atoms with van der Waals surface area (Å²) in [6.45, 7) is 4.29. The van der Waals surface area contributed by atoms with Crippen LogP contribution in [-0.2, 0) is 12.3 Å². The highest BCUT2D eigenvalue weighted by atomic mass is 32.2. The molecule has 1 aromatic heterocycles. The molecule has 1 aliphatic rings. The highest BCUT2D eigenvalue weighted by Crippen LogP contribution is 2.28. The summed E-state index contributed by atoms with van der Waals surface area (Å²) in [4.78, 5) is 18.6. The standard InChI is InChI=1S/C24H23N3OS2/c25-15-19-5-7-20(8-6-19)18-30-23-4-2-1-3-22(23)24(28)27-12-10-26(11-13-27)16-21-9-14-29-17-21/h1-9,14,17H,10-13,16,18H2. The van der Waals surface area contributed by atoms with Gasteiger partial charge in [0.1, 0.15) is 0 Å². The molecule has 2 heterocycles. The molecule has 4 nitrogen and oxygen atoms in total. The van der Waals surface area contributed by atoms with E-state index in [2.05, 4.69) is 27.8 Å². The number of rotatable bonds is 6. The molecule has 0 N–H and O–H groups in total. The predicted molar refractivity (Wildman–Crippen MR) is 123 cm³/mol. The van der Waals surface area contributed by atoms with Crippen LogP contribution in [0.25, 0.3) is 0 Å². The molecule has 2 aromatic carbocycles. The van der Waals surface area contributed by atoms with Gasteiger partial charge in [0, 0.05) is 43.4 Å². The van der Waals surface area contributed by atoms with Gasteiger partial charge in [-0.05, 0) is 52.2 Å². The second kappa shape index (κ2) is 9.94. The molecule has 4 rings (SSSR count). The summed E-state index contributed by atoms with van der Waals surface area (Å²) in [5.74, 6) is 0.887. The Morgan fingerprint density at radius 1 is 1.00 bits per heavy atom. The molecule has 1 aliphatic heterocycles. The third kappa shape index (κ3) is 5.11. The number of benzene rings is 2. The Hall–Kier alpha value is -2.59. The number of amides is 1. The van der Waals surface area contributed by atoms with E-state index in [-0.39, 0.29) is 5.91 Å². The summed E-state index contributed by atoms with van der Waals surface area (Å²) in [6.07, 6.45) is 0. The monoisotopic (exact) mass is 433 g/mol. The molecule has 0 bridgehead atoms. The third-order valence-corrected chi connectivity index (χ3v) is 7.12. The van der Waals surface area contributed by atoms with Crippen molar-refractivity contribution in [3.05, 3.63) is 87.6 Å². The van der Waals surface area contributed by atoms with Crippen molar-refractivity contribution in [3.63, 3.8) is 0 Å². The first-order valence-electron chi connectivity index (χ1n) is 9.96. The molecule has 0 atom stereocenters. The molecule has 1 saturated heterocycles. The average molecular weight is 434 g/mol. The number of hydrogen-bond donors (Lipinski definition) is 0. The van der Waals surface area contributed by atoms with Crippen LogP contribution in [0, 0.1) is 11.3 Å². The van der Waals surface area contributed by atoms with Gasteiger partial charge in [0.2, 0.25) is 0 Å². The molecule has 152 valence electrons. The fourth-order valence-corrected chi connectivity index (χ4v) is 5.19. The first-order valence-corrected chi connectivity index (χ1v) is 11.9. The van der Waals surface area contributed by atoms with Crippen molar-refractivity contribution < 1.29 is 4.79 Å². The molecule has 6 heteroatoms. The van der Waals surface area contributed by atoms with Crippen molar-refractivity contribution in [2.24, 2.45) is 0 Å². The van der Waals surface area contributed by atoms with Crippen molar-refractivity contribution in [2.45, 2.75) is 17.2 Å². The molecule has 1 amide bonds. The lowest BCUT2D eigenvalue weighted by Gasteiger charge is -2.35. The summed E-state index contributed by atoms with van der Waals surface area (Å²) in [6, 6.07) is 19.8. The maximum atomic E-state index is 13.2. The lowest BCUT2D eigenvalue weighted by molar-refractivity contribution is 0.0625. The number of thioether (sulfide) groups is 1. The minimum atomic E-state index is 0.119. The van der Waals surface area contributed by atoms with Crippen LogP contribution in [0.5, 0.6) is 0 Å². The van der Waals surface area contributed by atoms with Crippen LogP contribution in [0.4, 0.5) is 0 Å². The van der Waals surface area contributed by atoms with Gasteiger partial charge in [0.15, 0.2) is 0 Å². The summed E-state index contributed by atoms with van der Waals surface area (Å²) in [7, 11) is 0. The minimum absolute atomic E-state index is 0.119. The fourth-order valence-electron chi connectivity index (χ4n) is 3.53. The largest absolute Gasteiger partial charge is 0.336 e. The number of nitriles is 1. The van der Waals surface area contributed by atoms with E-state index in [0.29, 0.717) is 5.56 Å². The summed E-state index contributed by atoms with van der Waals surface area (Å²) < 4.78 is 0. The van der Waals surface area contributed by atoms with Gasteiger partial charge in [0.05, 0.1) is 17.2 Å². The summed E-state index contributed by atoms with van der Waals surface area (Å²) in [5.41, 5.74) is 3.94. The van der Waals surface area contributed by atoms with Crippen LogP contribution in [0.2, 0.25) is 0 Å². The number of carbonyl (C=O) groups excluding carboxylic acids is 1. The summed E-state index contributed by atoms with van der Waals surface area (Å²) >= 11 is 3.40. The first kappa shape index (κ1) is 20.7. The Kier molecular flexibility index (Phi) is 6.85. The van der Waals surface area contributed by atoms with E-state index in [0.717, 1.165) is 54.5 Å². The van der Waals surface area contributed by atoms with E-state index in [9.17, 15) is 4.79 Å². The van der Waals surface area contributed by atoms with Crippen LogP contribution >= 0.6 is 23.1 Å². The van der Waals surface area contributed by atoms with Gasteiger partial charge in [-0.25, -0.2) is 0 Å². The van der Waals surface area contributed by atoms with E-state index in [4.69, 9.17) is 5.26 Å². The smallest absolute Gasteiger partial charge is 0.255 e. The molecular formula is C24H23N3OS2. The number of hydrogen-bond acceptors (Lipinski definition) is 5. The normalized spacial score (nSPS) is 14.4. The van der Waals surface area contributed by atoms with Crippen LogP contribution in [0.3, 0.4) is 0 Å². The average Bonchev–Trinajstić information content (AvgIpc) is 3.31. The van der Waals surface area contributed by atoms with Gasteiger partial charge < -0.3 is 4.90 Å². The Morgan fingerprint density at radius 3 is 2.47 bits per heavy atom. The molecule has 30 heavy (non-hydrogen) atoms. The molecule has 0 radical (unpaired) electrons. The maximum Gasteiger partial charge on any atom is 0.255 e. The Bertz CT molecular complexity index is 1020. The van der Waals surface area contributed by atoms with Gasteiger partial charge in [-0.15, -0.1) is 11.8 Å². The topological polar surface area (TPSA) is 47.3 Å². The van der Waals surface area contributed by atoms with Gasteiger partial charge in [0.25, 0.3) is 5.91 Å². The van der Waals surface area contributed by atoms with Crippen molar-refractivity contribution in [1.29, 1.82) is 5.26 Å². The fraction of sp³-hybridized carbons (Fsp3) is 0.250. The number of thiophene rings is 1. The van der Waals surface area contributed by atoms with Crippen molar-refractivity contribution >= 4 is 29.0 Å². The lowest BCUT2D eigenvalue weighted by Crippen LogP contribution is -2.48. The van der Waals surface area contributed by atoms with Crippen LogP contribution in [0.15, 0.2) is 70.3 Å². The van der Waals surface area contributed by atoms with Gasteiger partial charge in [-0.3, -0.25) is 9.69 Å². The highest BCUT2D eigenvalue weighted by Gasteiger charge is 2.23. The maximum absolute atomic E-state index is 13.2. The first-order chi connectivity index (χ1) is 14.7. The molecule has 1 fully saturated rings. The van der Waals surface area contributed by atoms with E-state index in [1.54, 1.807) is 23.1 Å². The van der Waals surface area contributed by atoms with Gasteiger partial charge >= 0.3 is 0 Å². The van der Waals surface area contributed by atoms with Gasteiger partial charge in [-0.1, -0.05) is 24.3 Å².